The normalized spacial score (nSPS) is 7.73. The van der Waals surface area contributed by atoms with Crippen molar-refractivity contribution < 1.29 is 19.2 Å². The first-order valence-corrected chi connectivity index (χ1v) is 4.23. The maximum absolute atomic E-state index is 10.0. The molecule has 0 N–H and O–H groups in total. The van der Waals surface area contributed by atoms with Gasteiger partial charge in [0.25, 0.3) is 0 Å². The van der Waals surface area contributed by atoms with Crippen LogP contribution in [0.1, 0.15) is 40.5 Å². The predicted molar refractivity (Wildman–Crippen MR) is 57.7 cm³/mol. The fourth-order valence-corrected chi connectivity index (χ4v) is 0.701. The molecule has 0 aliphatic carbocycles. The van der Waals surface area contributed by atoms with Crippen LogP contribution >= 0.6 is 0 Å². The molecule has 0 heterocycles. The Morgan fingerprint density at radius 1 is 0.600 bits per heavy atom. The Bertz CT molecular complexity index is 196. The van der Waals surface area contributed by atoms with E-state index >= 15 is 0 Å². The summed E-state index contributed by atoms with van der Waals surface area (Å²) in [6, 6.07) is 0. The van der Waals surface area contributed by atoms with Crippen LogP contribution in [-0.4, -0.2) is 49.3 Å². The molecule has 0 fully saturated rings. The monoisotopic (exact) mass is 409 g/mol. The fraction of sp³-hybridized carbons (Fsp3) is 0.600. The molecule has 0 aromatic rings. The molecule has 5 heteroatoms. The number of carbonyl (C=O) groups is 4. The van der Waals surface area contributed by atoms with Gasteiger partial charge in [0, 0.05) is 26.2 Å². The predicted octanol–water partition coefficient (Wildman–Crippen LogP) is 0.728. The van der Waals surface area contributed by atoms with Crippen LogP contribution in [-0.2, 0) is 19.2 Å². The Labute approximate surface area is 109 Å². The standard InChI is InChI=1S/2C5H8O2.Bi/c2*1-4(6)3-5(2)7;/h2*3H2,1-2H3;. The SMILES string of the molecule is CC(=O)CC(C)=O.CC(=O)CC(C)=O.[Bi]. The Balaban J connectivity index is -0.000000180. The van der Waals surface area contributed by atoms with Crippen LogP contribution in [0, 0.1) is 0 Å². The van der Waals surface area contributed by atoms with Gasteiger partial charge in [0.2, 0.25) is 0 Å². The topological polar surface area (TPSA) is 68.3 Å². The van der Waals surface area contributed by atoms with E-state index in [1.54, 1.807) is 0 Å². The van der Waals surface area contributed by atoms with Crippen LogP contribution < -0.4 is 0 Å². The van der Waals surface area contributed by atoms with Crippen molar-refractivity contribution in [2.75, 3.05) is 0 Å². The molecular weight excluding hydrogens is 393 g/mol. The third-order valence-corrected chi connectivity index (χ3v) is 0.996. The van der Waals surface area contributed by atoms with E-state index in [0.29, 0.717) is 0 Å². The van der Waals surface area contributed by atoms with Gasteiger partial charge in [-0.3, -0.25) is 19.2 Å². The third kappa shape index (κ3) is 31.7. The number of carbonyl (C=O) groups excluding carboxylic acids is 4. The van der Waals surface area contributed by atoms with Crippen molar-refractivity contribution in [1.29, 1.82) is 0 Å². The molecule has 0 aliphatic rings. The number of ketones is 4. The van der Waals surface area contributed by atoms with Crippen LogP contribution in [0.4, 0.5) is 0 Å². The van der Waals surface area contributed by atoms with Gasteiger partial charge in [-0.05, 0) is 27.7 Å². The van der Waals surface area contributed by atoms with E-state index < -0.39 is 0 Å². The van der Waals surface area contributed by atoms with Crippen LogP contribution in [0.3, 0.4) is 0 Å². The Hall–Kier alpha value is -0.437. The molecule has 3 radical (unpaired) electrons. The minimum atomic E-state index is -0.0625. The third-order valence-electron chi connectivity index (χ3n) is 0.996. The molecule has 4 nitrogen and oxygen atoms in total. The molecule has 0 saturated heterocycles. The van der Waals surface area contributed by atoms with Gasteiger partial charge in [-0.2, -0.15) is 0 Å². The summed E-state index contributed by atoms with van der Waals surface area (Å²) in [4.78, 5) is 40.1. The summed E-state index contributed by atoms with van der Waals surface area (Å²) in [6.07, 6.45) is 0.167. The molecule has 0 aliphatic heterocycles. The first kappa shape index (κ1) is 20.0. The van der Waals surface area contributed by atoms with Gasteiger partial charge in [0.15, 0.2) is 0 Å². The molecule has 0 rings (SSSR count). The van der Waals surface area contributed by atoms with Gasteiger partial charge in [-0.15, -0.1) is 0 Å². The fourth-order valence-electron chi connectivity index (χ4n) is 0.701. The molecule has 0 aromatic heterocycles. The number of hydrogen-bond acceptors (Lipinski definition) is 4. The summed E-state index contributed by atoms with van der Waals surface area (Å²) >= 11 is 0. The minimum absolute atomic E-state index is 0. The zero-order valence-electron chi connectivity index (χ0n) is 9.49. The summed E-state index contributed by atoms with van der Waals surface area (Å²) in [5.74, 6) is -0.250. The molecule has 85 valence electrons. The van der Waals surface area contributed by atoms with Gasteiger partial charge in [0.1, 0.15) is 23.1 Å². The van der Waals surface area contributed by atoms with Crippen molar-refractivity contribution in [1.82, 2.24) is 0 Å². The zero-order chi connectivity index (χ0) is 11.7. The summed E-state index contributed by atoms with van der Waals surface area (Å²) in [6.45, 7) is 5.62. The molecule has 0 saturated carbocycles. The molecule has 15 heavy (non-hydrogen) atoms. The largest absolute Gasteiger partial charge is 0.300 e. The van der Waals surface area contributed by atoms with E-state index in [4.69, 9.17) is 0 Å². The average molecular weight is 409 g/mol. The van der Waals surface area contributed by atoms with Gasteiger partial charge in [-0.25, -0.2) is 0 Å². The average Bonchev–Trinajstić information content (AvgIpc) is 1.79. The second-order valence-electron chi connectivity index (χ2n) is 3.16. The second-order valence-corrected chi connectivity index (χ2v) is 3.16. The van der Waals surface area contributed by atoms with Crippen molar-refractivity contribution in [3.63, 3.8) is 0 Å². The van der Waals surface area contributed by atoms with Gasteiger partial charge < -0.3 is 0 Å². The van der Waals surface area contributed by atoms with E-state index in [-0.39, 0.29) is 62.2 Å². The van der Waals surface area contributed by atoms with Crippen molar-refractivity contribution in [3.05, 3.63) is 0 Å². The van der Waals surface area contributed by atoms with Crippen molar-refractivity contribution in [2.45, 2.75) is 40.5 Å². The summed E-state index contributed by atoms with van der Waals surface area (Å²) < 4.78 is 0. The second kappa shape index (κ2) is 11.6. The van der Waals surface area contributed by atoms with Crippen molar-refractivity contribution >= 4 is 49.3 Å². The van der Waals surface area contributed by atoms with E-state index in [1.807, 2.05) is 0 Å². The summed E-state index contributed by atoms with van der Waals surface area (Å²) in [7, 11) is 0. The van der Waals surface area contributed by atoms with Crippen LogP contribution in [0.25, 0.3) is 0 Å². The quantitative estimate of drug-likeness (QED) is 0.507. The van der Waals surface area contributed by atoms with Gasteiger partial charge >= 0.3 is 0 Å². The van der Waals surface area contributed by atoms with E-state index in [1.165, 1.54) is 27.7 Å². The van der Waals surface area contributed by atoms with Crippen LogP contribution in [0.2, 0.25) is 0 Å². The van der Waals surface area contributed by atoms with E-state index in [9.17, 15) is 19.2 Å². The first-order valence-electron chi connectivity index (χ1n) is 4.23. The van der Waals surface area contributed by atoms with Crippen molar-refractivity contribution in [3.8, 4) is 0 Å². The molecule has 0 bridgehead atoms. The molecule has 0 spiro atoms. The van der Waals surface area contributed by atoms with E-state index in [0.717, 1.165) is 0 Å². The van der Waals surface area contributed by atoms with Crippen LogP contribution in [0.5, 0.6) is 0 Å². The van der Waals surface area contributed by atoms with Crippen molar-refractivity contribution in [2.24, 2.45) is 0 Å². The molecular formula is C10H16BiO4. The molecule has 0 aromatic carbocycles. The summed E-state index contributed by atoms with van der Waals surface area (Å²) in [5.41, 5.74) is 0. The Morgan fingerprint density at radius 2 is 0.733 bits per heavy atom. The molecule has 0 unspecified atom stereocenters. The van der Waals surface area contributed by atoms with E-state index in [2.05, 4.69) is 0 Å². The van der Waals surface area contributed by atoms with Gasteiger partial charge in [0.05, 0.1) is 12.8 Å². The number of Topliss-reactive ketones (excluding diaryl/α,β-unsaturated/α-hetero) is 4. The van der Waals surface area contributed by atoms with Gasteiger partial charge in [-0.1, -0.05) is 0 Å². The number of rotatable bonds is 4. The smallest absolute Gasteiger partial charge is 0.137 e. The van der Waals surface area contributed by atoms with Crippen LogP contribution in [0.15, 0.2) is 0 Å². The Morgan fingerprint density at radius 3 is 0.733 bits per heavy atom. The maximum atomic E-state index is 10.0. The Kier molecular flexibility index (Phi) is 15.5. The first-order chi connectivity index (χ1) is 6.25. The summed E-state index contributed by atoms with van der Waals surface area (Å²) in [5, 5.41) is 0. The minimum Gasteiger partial charge on any atom is -0.300 e. The number of hydrogen-bond donors (Lipinski definition) is 0. The molecule has 0 amide bonds. The molecule has 0 atom stereocenters. The maximum Gasteiger partial charge on any atom is 0.137 e. The zero-order valence-corrected chi connectivity index (χ0v) is 13.0.